The molecular weight excluding hydrogens is 446 g/mol. The first kappa shape index (κ1) is 22.2. The minimum atomic E-state index is -0.603. The van der Waals surface area contributed by atoms with Gasteiger partial charge in [-0.2, -0.15) is 0 Å². The topological polar surface area (TPSA) is 105 Å². The van der Waals surface area contributed by atoms with Gasteiger partial charge in [-0.1, -0.05) is 6.42 Å². The predicted molar refractivity (Wildman–Crippen MR) is 126 cm³/mol. The van der Waals surface area contributed by atoms with Crippen molar-refractivity contribution in [3.63, 3.8) is 0 Å². The third-order valence-electron chi connectivity index (χ3n) is 7.83. The highest BCUT2D eigenvalue weighted by Crippen LogP contribution is 2.36. The molecule has 4 aliphatic rings. The van der Waals surface area contributed by atoms with E-state index in [4.69, 9.17) is 4.74 Å². The molecule has 1 aromatic carbocycles. The molecule has 1 aromatic heterocycles. The summed E-state index contributed by atoms with van der Waals surface area (Å²) in [4.78, 5) is 49.5. The molecule has 3 fully saturated rings. The first-order valence-corrected chi connectivity index (χ1v) is 12.5. The smallest absolute Gasteiger partial charge is 0.255 e. The molecule has 2 saturated heterocycles. The number of nitrogens with one attached hydrogen (secondary N) is 1. The second-order valence-electron chi connectivity index (χ2n) is 10.0. The van der Waals surface area contributed by atoms with Crippen LogP contribution < -0.4 is 10.1 Å². The van der Waals surface area contributed by atoms with Gasteiger partial charge in [-0.05, 0) is 49.4 Å². The monoisotopic (exact) mass is 475 g/mol. The summed E-state index contributed by atoms with van der Waals surface area (Å²) in [6.45, 7) is 2.31. The number of nitrogens with zero attached hydrogens (tertiary/aromatic N) is 4. The Morgan fingerprint density at radius 1 is 1.03 bits per heavy atom. The third-order valence-corrected chi connectivity index (χ3v) is 7.83. The molecule has 35 heavy (non-hydrogen) atoms. The molecule has 0 radical (unpaired) electrons. The van der Waals surface area contributed by atoms with Crippen LogP contribution in [-0.4, -0.2) is 68.8 Å². The van der Waals surface area contributed by atoms with Crippen molar-refractivity contribution in [1.82, 2.24) is 25.1 Å². The highest BCUT2D eigenvalue weighted by atomic mass is 16.5. The van der Waals surface area contributed by atoms with Gasteiger partial charge in [0.2, 0.25) is 11.8 Å². The maximum Gasteiger partial charge on any atom is 0.255 e. The average Bonchev–Trinajstić information content (AvgIpc) is 3.15. The molecule has 182 valence electrons. The molecule has 3 amide bonds. The number of carbonyl (C=O) groups is 3. The number of piperidine rings is 1. The fourth-order valence-corrected chi connectivity index (χ4v) is 5.92. The first-order valence-electron chi connectivity index (χ1n) is 12.5. The van der Waals surface area contributed by atoms with E-state index >= 15 is 0 Å². The number of rotatable bonds is 5. The highest BCUT2D eigenvalue weighted by Gasteiger charge is 2.41. The number of carbonyl (C=O) groups excluding carboxylic acids is 3. The Labute approximate surface area is 203 Å². The quantitative estimate of drug-likeness (QED) is 0.660. The van der Waals surface area contributed by atoms with Crippen LogP contribution >= 0.6 is 0 Å². The second kappa shape index (κ2) is 9.03. The molecule has 0 spiro atoms. The number of benzene rings is 1. The van der Waals surface area contributed by atoms with Gasteiger partial charge in [-0.15, -0.1) is 0 Å². The Kier molecular flexibility index (Phi) is 5.72. The van der Waals surface area contributed by atoms with Crippen LogP contribution in [0.25, 0.3) is 0 Å². The zero-order chi connectivity index (χ0) is 23.9. The zero-order valence-electron chi connectivity index (χ0n) is 19.6. The summed E-state index contributed by atoms with van der Waals surface area (Å²) in [5.41, 5.74) is 2.54. The molecule has 9 heteroatoms. The number of ether oxygens (including phenoxy) is 1. The lowest BCUT2D eigenvalue weighted by atomic mass is 9.86. The molecule has 2 aromatic rings. The van der Waals surface area contributed by atoms with Gasteiger partial charge >= 0.3 is 0 Å². The van der Waals surface area contributed by atoms with Crippen LogP contribution in [0.2, 0.25) is 0 Å². The molecular formula is C26H29N5O4. The van der Waals surface area contributed by atoms with Crippen molar-refractivity contribution in [2.24, 2.45) is 0 Å². The first-order chi connectivity index (χ1) is 17.1. The van der Waals surface area contributed by atoms with E-state index < -0.39 is 11.9 Å². The van der Waals surface area contributed by atoms with Crippen LogP contribution in [0.1, 0.15) is 66.1 Å². The van der Waals surface area contributed by atoms with E-state index in [2.05, 4.69) is 20.2 Å². The molecule has 3 atom stereocenters. The molecule has 1 saturated carbocycles. The number of likely N-dealkylation sites (tertiary alicyclic amines) is 1. The molecule has 1 unspecified atom stereocenters. The molecule has 4 heterocycles. The fraction of sp³-hybridized carbons (Fsp3) is 0.500. The SMILES string of the molecule is O=C1CCC(N2Cc3cc(O[C@@H]4CCCC[C@@H]4N4CC(c5cnccn5)C4)ccc3C2=O)C(=O)N1. The van der Waals surface area contributed by atoms with Gasteiger partial charge in [0.1, 0.15) is 17.9 Å². The van der Waals surface area contributed by atoms with E-state index in [-0.39, 0.29) is 24.3 Å². The second-order valence-corrected chi connectivity index (χ2v) is 10.0. The van der Waals surface area contributed by atoms with Crippen molar-refractivity contribution in [3.8, 4) is 5.75 Å². The van der Waals surface area contributed by atoms with Crippen molar-refractivity contribution in [2.45, 2.75) is 69.2 Å². The van der Waals surface area contributed by atoms with Gasteiger partial charge in [0, 0.05) is 62.2 Å². The number of fused-ring (bicyclic) bond motifs is 1. The minimum Gasteiger partial charge on any atom is -0.489 e. The van der Waals surface area contributed by atoms with Crippen molar-refractivity contribution in [2.75, 3.05) is 13.1 Å². The van der Waals surface area contributed by atoms with Crippen LogP contribution in [0.5, 0.6) is 5.75 Å². The summed E-state index contributed by atoms with van der Waals surface area (Å²) in [7, 11) is 0. The van der Waals surface area contributed by atoms with Crippen LogP contribution in [-0.2, 0) is 16.1 Å². The molecule has 3 aliphatic heterocycles. The van der Waals surface area contributed by atoms with Crippen LogP contribution in [0.4, 0.5) is 0 Å². The van der Waals surface area contributed by atoms with Crippen LogP contribution in [0, 0.1) is 0 Å². The van der Waals surface area contributed by atoms with Crippen LogP contribution in [0.3, 0.4) is 0 Å². The van der Waals surface area contributed by atoms with Crippen LogP contribution in [0.15, 0.2) is 36.8 Å². The number of aromatic nitrogens is 2. The van der Waals surface area contributed by atoms with Crippen molar-refractivity contribution >= 4 is 17.7 Å². The third kappa shape index (κ3) is 4.18. The summed E-state index contributed by atoms with van der Waals surface area (Å²) in [5.74, 6) is 0.365. The van der Waals surface area contributed by atoms with E-state index in [9.17, 15) is 14.4 Å². The molecule has 6 rings (SSSR count). The maximum atomic E-state index is 13.0. The van der Waals surface area contributed by atoms with E-state index in [0.29, 0.717) is 30.5 Å². The maximum absolute atomic E-state index is 13.0. The zero-order valence-corrected chi connectivity index (χ0v) is 19.6. The Bertz CT molecular complexity index is 1150. The largest absolute Gasteiger partial charge is 0.489 e. The number of hydrogen-bond acceptors (Lipinski definition) is 7. The van der Waals surface area contributed by atoms with Crippen molar-refractivity contribution < 1.29 is 19.1 Å². The van der Waals surface area contributed by atoms with Crippen molar-refractivity contribution in [1.29, 1.82) is 0 Å². The Balaban J connectivity index is 1.12. The summed E-state index contributed by atoms with van der Waals surface area (Å²) in [5, 5.41) is 2.35. The lowest BCUT2D eigenvalue weighted by Gasteiger charge is -2.48. The van der Waals surface area contributed by atoms with E-state index in [1.54, 1.807) is 17.3 Å². The van der Waals surface area contributed by atoms with E-state index in [0.717, 1.165) is 49.4 Å². The normalized spacial score (nSPS) is 27.4. The minimum absolute atomic E-state index is 0.105. The number of amides is 3. The Morgan fingerprint density at radius 3 is 2.69 bits per heavy atom. The Hall–Kier alpha value is -3.33. The predicted octanol–water partition coefficient (Wildman–Crippen LogP) is 2.03. The fourth-order valence-electron chi connectivity index (χ4n) is 5.92. The number of hydrogen-bond donors (Lipinski definition) is 1. The average molecular weight is 476 g/mol. The summed E-state index contributed by atoms with van der Waals surface area (Å²) in [6.07, 6.45) is 10.5. The van der Waals surface area contributed by atoms with Gasteiger partial charge in [0.25, 0.3) is 5.91 Å². The van der Waals surface area contributed by atoms with Crippen molar-refractivity contribution in [3.05, 3.63) is 53.6 Å². The summed E-state index contributed by atoms with van der Waals surface area (Å²) < 4.78 is 6.52. The van der Waals surface area contributed by atoms with Gasteiger partial charge in [0.15, 0.2) is 0 Å². The molecule has 1 N–H and O–H groups in total. The lowest BCUT2D eigenvalue weighted by Crippen LogP contribution is -2.57. The van der Waals surface area contributed by atoms with Gasteiger partial charge in [-0.25, -0.2) is 0 Å². The number of imide groups is 1. The highest BCUT2D eigenvalue weighted by molar-refractivity contribution is 6.05. The van der Waals surface area contributed by atoms with E-state index in [1.807, 2.05) is 24.4 Å². The molecule has 0 bridgehead atoms. The molecule has 1 aliphatic carbocycles. The summed E-state index contributed by atoms with van der Waals surface area (Å²) in [6, 6.07) is 5.39. The standard InChI is InChI=1S/C26H29N5O4/c32-24-8-7-22(25(33)29-24)31-15-16-11-18(5-6-19(16)26(31)34)35-23-4-2-1-3-21(23)30-13-17(14-30)20-12-27-9-10-28-20/h5-6,9-12,17,21-23H,1-4,7-8,13-15H2,(H,29,32,33)/t21-,22?,23+/m0/s1. The van der Waals surface area contributed by atoms with Gasteiger partial charge < -0.3 is 9.64 Å². The van der Waals surface area contributed by atoms with Gasteiger partial charge in [-0.3, -0.25) is 34.6 Å². The summed E-state index contributed by atoms with van der Waals surface area (Å²) >= 11 is 0. The molecule has 9 nitrogen and oxygen atoms in total. The van der Waals surface area contributed by atoms with E-state index in [1.165, 1.54) is 6.42 Å². The lowest BCUT2D eigenvalue weighted by molar-refractivity contribution is -0.136. The Morgan fingerprint density at radius 2 is 1.89 bits per heavy atom. The van der Waals surface area contributed by atoms with Gasteiger partial charge in [0.05, 0.1) is 5.69 Å².